The minimum absolute atomic E-state index is 0.770. The third-order valence-electron chi connectivity index (χ3n) is 3.32. The molecule has 1 aliphatic heterocycles. The number of hydrogen-bond donors (Lipinski definition) is 1. The number of nitrogens with one attached hydrogen (secondary N) is 1. The summed E-state index contributed by atoms with van der Waals surface area (Å²) in [6.45, 7) is 6.94. The summed E-state index contributed by atoms with van der Waals surface area (Å²) in [7, 11) is 0. The van der Waals surface area contributed by atoms with Crippen molar-refractivity contribution in [2.75, 3.05) is 13.1 Å². The lowest BCUT2D eigenvalue weighted by Crippen LogP contribution is -2.23. The second-order valence-corrected chi connectivity index (χ2v) is 6.03. The summed E-state index contributed by atoms with van der Waals surface area (Å²) in [4.78, 5) is 1.46. The van der Waals surface area contributed by atoms with Crippen LogP contribution in [-0.2, 0) is 0 Å². The molecule has 0 saturated carbocycles. The summed E-state index contributed by atoms with van der Waals surface area (Å²) >= 11 is 2.07. The van der Waals surface area contributed by atoms with Crippen LogP contribution in [0.25, 0.3) is 0 Å². The molecule has 0 spiro atoms. The van der Waals surface area contributed by atoms with Crippen LogP contribution >= 0.6 is 11.8 Å². The van der Waals surface area contributed by atoms with Crippen LogP contribution < -0.4 is 5.32 Å². The molecular formula is C14H21NS. The Morgan fingerprint density at radius 1 is 1.31 bits per heavy atom. The normalized spacial score (nSPS) is 26.4. The monoisotopic (exact) mass is 235 g/mol. The van der Waals surface area contributed by atoms with Crippen molar-refractivity contribution in [1.82, 2.24) is 5.32 Å². The van der Waals surface area contributed by atoms with Crippen molar-refractivity contribution >= 4 is 11.8 Å². The van der Waals surface area contributed by atoms with Crippen LogP contribution in [0, 0.1) is 12.8 Å². The minimum Gasteiger partial charge on any atom is -0.316 e. The minimum atomic E-state index is 0.770. The standard InChI is InChI=1S/C14H21NS/c1-11-6-3-4-7-13(11)16-14-8-5-9-15-10-12(14)2/h3-4,6-7,12,14-15H,5,8-10H2,1-2H3. The van der Waals surface area contributed by atoms with Crippen LogP contribution in [0.2, 0.25) is 0 Å². The van der Waals surface area contributed by atoms with E-state index >= 15 is 0 Å². The van der Waals surface area contributed by atoms with E-state index in [4.69, 9.17) is 0 Å². The van der Waals surface area contributed by atoms with Gasteiger partial charge in [0.05, 0.1) is 0 Å². The Morgan fingerprint density at radius 2 is 2.12 bits per heavy atom. The molecule has 2 unspecified atom stereocenters. The smallest absolute Gasteiger partial charge is 0.0133 e. The predicted molar refractivity (Wildman–Crippen MR) is 72.1 cm³/mol. The zero-order chi connectivity index (χ0) is 11.4. The topological polar surface area (TPSA) is 12.0 Å². The first-order valence-corrected chi connectivity index (χ1v) is 7.08. The van der Waals surface area contributed by atoms with Crippen molar-refractivity contribution < 1.29 is 0 Å². The molecule has 88 valence electrons. The van der Waals surface area contributed by atoms with E-state index in [0.29, 0.717) is 0 Å². The third kappa shape index (κ3) is 3.02. The van der Waals surface area contributed by atoms with Crippen molar-refractivity contribution in [3.05, 3.63) is 29.8 Å². The maximum absolute atomic E-state index is 3.51. The fourth-order valence-corrected chi connectivity index (χ4v) is 3.55. The molecule has 1 heterocycles. The summed E-state index contributed by atoms with van der Waals surface area (Å²) in [6.07, 6.45) is 2.65. The molecule has 16 heavy (non-hydrogen) atoms. The van der Waals surface area contributed by atoms with Crippen LogP contribution in [0.15, 0.2) is 29.2 Å². The van der Waals surface area contributed by atoms with E-state index < -0.39 is 0 Å². The van der Waals surface area contributed by atoms with Gasteiger partial charge in [0.2, 0.25) is 0 Å². The molecule has 2 rings (SSSR count). The Hall–Kier alpha value is -0.470. The Kier molecular flexibility index (Phi) is 4.30. The van der Waals surface area contributed by atoms with Crippen LogP contribution in [0.3, 0.4) is 0 Å². The predicted octanol–water partition coefficient (Wildman–Crippen LogP) is 3.48. The van der Waals surface area contributed by atoms with Crippen LogP contribution in [0.4, 0.5) is 0 Å². The number of thioether (sulfide) groups is 1. The highest BCUT2D eigenvalue weighted by atomic mass is 32.2. The van der Waals surface area contributed by atoms with Gasteiger partial charge in [-0.15, -0.1) is 11.8 Å². The van der Waals surface area contributed by atoms with Gasteiger partial charge >= 0.3 is 0 Å². The number of benzene rings is 1. The first kappa shape index (κ1) is 12.0. The fourth-order valence-electron chi connectivity index (χ4n) is 2.20. The van der Waals surface area contributed by atoms with E-state index in [0.717, 1.165) is 11.2 Å². The molecule has 2 atom stereocenters. The van der Waals surface area contributed by atoms with E-state index in [2.05, 4.69) is 55.2 Å². The van der Waals surface area contributed by atoms with E-state index in [-0.39, 0.29) is 0 Å². The van der Waals surface area contributed by atoms with Gasteiger partial charge in [-0.25, -0.2) is 0 Å². The number of aryl methyl sites for hydroxylation is 1. The second kappa shape index (κ2) is 5.74. The molecular weight excluding hydrogens is 214 g/mol. The lowest BCUT2D eigenvalue weighted by molar-refractivity contribution is 0.538. The zero-order valence-corrected chi connectivity index (χ0v) is 11.0. The van der Waals surface area contributed by atoms with Gasteiger partial charge in [-0.3, -0.25) is 0 Å². The maximum Gasteiger partial charge on any atom is 0.0133 e. The van der Waals surface area contributed by atoms with Crippen molar-refractivity contribution in [3.63, 3.8) is 0 Å². The van der Waals surface area contributed by atoms with Gasteiger partial charge < -0.3 is 5.32 Å². The molecule has 1 nitrogen and oxygen atoms in total. The summed E-state index contributed by atoms with van der Waals surface area (Å²) in [5.74, 6) is 0.770. The Balaban J connectivity index is 2.05. The van der Waals surface area contributed by atoms with Gasteiger partial charge in [-0.05, 0) is 50.4 Å². The molecule has 1 fully saturated rings. The second-order valence-electron chi connectivity index (χ2n) is 4.75. The first-order valence-electron chi connectivity index (χ1n) is 6.20. The zero-order valence-electron chi connectivity index (χ0n) is 10.2. The Bertz CT molecular complexity index is 337. The Morgan fingerprint density at radius 3 is 2.94 bits per heavy atom. The first-order chi connectivity index (χ1) is 7.77. The summed E-state index contributed by atoms with van der Waals surface area (Å²) in [6, 6.07) is 8.74. The van der Waals surface area contributed by atoms with E-state index in [1.165, 1.54) is 36.4 Å². The molecule has 1 saturated heterocycles. The SMILES string of the molecule is Cc1ccccc1SC1CCCNCC1C. The highest BCUT2D eigenvalue weighted by molar-refractivity contribution is 8.00. The van der Waals surface area contributed by atoms with Gasteiger partial charge in [0.25, 0.3) is 0 Å². The molecule has 0 bridgehead atoms. The molecule has 1 aliphatic rings. The molecule has 0 radical (unpaired) electrons. The van der Waals surface area contributed by atoms with E-state index in [1.54, 1.807) is 0 Å². The fraction of sp³-hybridized carbons (Fsp3) is 0.571. The van der Waals surface area contributed by atoms with Crippen molar-refractivity contribution in [2.24, 2.45) is 5.92 Å². The molecule has 1 aromatic rings. The van der Waals surface area contributed by atoms with E-state index in [1.807, 2.05) is 0 Å². The van der Waals surface area contributed by atoms with Crippen molar-refractivity contribution in [1.29, 1.82) is 0 Å². The number of hydrogen-bond acceptors (Lipinski definition) is 2. The van der Waals surface area contributed by atoms with Gasteiger partial charge in [0, 0.05) is 10.1 Å². The van der Waals surface area contributed by atoms with E-state index in [9.17, 15) is 0 Å². The molecule has 2 heteroatoms. The van der Waals surface area contributed by atoms with Gasteiger partial charge in [-0.1, -0.05) is 25.1 Å². The molecule has 1 N–H and O–H groups in total. The van der Waals surface area contributed by atoms with Crippen LogP contribution in [0.5, 0.6) is 0 Å². The third-order valence-corrected chi connectivity index (χ3v) is 5.03. The van der Waals surface area contributed by atoms with Crippen LogP contribution in [0.1, 0.15) is 25.3 Å². The molecule has 0 aliphatic carbocycles. The lowest BCUT2D eigenvalue weighted by atomic mass is 10.1. The maximum atomic E-state index is 3.51. The average Bonchev–Trinajstić information content (AvgIpc) is 2.48. The summed E-state index contributed by atoms with van der Waals surface area (Å²) in [5.41, 5.74) is 1.41. The van der Waals surface area contributed by atoms with Crippen molar-refractivity contribution in [2.45, 2.75) is 36.8 Å². The molecule has 0 aromatic heterocycles. The Labute approximate surface area is 103 Å². The summed E-state index contributed by atoms with van der Waals surface area (Å²) in [5, 5.41) is 4.29. The lowest BCUT2D eigenvalue weighted by Gasteiger charge is -2.21. The van der Waals surface area contributed by atoms with Gasteiger partial charge in [0.1, 0.15) is 0 Å². The number of rotatable bonds is 2. The highest BCUT2D eigenvalue weighted by Crippen LogP contribution is 2.33. The molecule has 1 aromatic carbocycles. The average molecular weight is 235 g/mol. The highest BCUT2D eigenvalue weighted by Gasteiger charge is 2.20. The van der Waals surface area contributed by atoms with Gasteiger partial charge in [0.15, 0.2) is 0 Å². The van der Waals surface area contributed by atoms with Gasteiger partial charge in [-0.2, -0.15) is 0 Å². The van der Waals surface area contributed by atoms with Crippen LogP contribution in [-0.4, -0.2) is 18.3 Å². The summed E-state index contributed by atoms with van der Waals surface area (Å²) < 4.78 is 0. The molecule has 0 amide bonds. The van der Waals surface area contributed by atoms with Crippen molar-refractivity contribution in [3.8, 4) is 0 Å². The largest absolute Gasteiger partial charge is 0.316 e. The quantitative estimate of drug-likeness (QED) is 0.842.